The van der Waals surface area contributed by atoms with Crippen LogP contribution in [0.25, 0.3) is 0 Å². The molecule has 20 heavy (non-hydrogen) atoms. The van der Waals surface area contributed by atoms with Gasteiger partial charge in [-0.3, -0.25) is 10.1 Å². The van der Waals surface area contributed by atoms with Crippen molar-refractivity contribution >= 4 is 21.6 Å². The molecule has 5 nitrogen and oxygen atoms in total. The third-order valence-electron chi connectivity index (χ3n) is 2.69. The minimum Gasteiger partial charge on any atom is -0.482 e. The van der Waals surface area contributed by atoms with Crippen LogP contribution in [0.3, 0.4) is 0 Å². The average Bonchev–Trinajstić information content (AvgIpc) is 2.45. The van der Waals surface area contributed by atoms with Crippen LogP contribution in [-0.2, 0) is 13.2 Å². The SMILES string of the molecule is O=[N+]([O-])c1cc(CO)ccc1OCc1cccc(Br)c1. The molecular formula is C14H12BrNO4. The molecule has 0 aliphatic carbocycles. The number of aliphatic hydroxyl groups is 1. The van der Waals surface area contributed by atoms with E-state index < -0.39 is 4.92 Å². The van der Waals surface area contributed by atoms with Crippen molar-refractivity contribution in [2.45, 2.75) is 13.2 Å². The van der Waals surface area contributed by atoms with Crippen LogP contribution in [-0.4, -0.2) is 10.0 Å². The van der Waals surface area contributed by atoms with Gasteiger partial charge in [0.1, 0.15) is 6.61 Å². The molecule has 2 rings (SSSR count). The Morgan fingerprint density at radius 3 is 2.65 bits per heavy atom. The van der Waals surface area contributed by atoms with Crippen LogP contribution in [0, 0.1) is 10.1 Å². The van der Waals surface area contributed by atoms with Gasteiger partial charge >= 0.3 is 5.69 Å². The number of nitro groups is 1. The summed E-state index contributed by atoms with van der Waals surface area (Å²) in [6.45, 7) is -0.00843. The van der Waals surface area contributed by atoms with E-state index in [2.05, 4.69) is 15.9 Å². The number of hydrogen-bond acceptors (Lipinski definition) is 4. The summed E-state index contributed by atoms with van der Waals surface area (Å²) in [4.78, 5) is 10.5. The molecule has 0 fully saturated rings. The van der Waals surface area contributed by atoms with E-state index in [4.69, 9.17) is 9.84 Å². The first-order valence-electron chi connectivity index (χ1n) is 5.85. The van der Waals surface area contributed by atoms with E-state index in [1.54, 1.807) is 6.07 Å². The van der Waals surface area contributed by atoms with Gasteiger partial charge in [-0.15, -0.1) is 0 Å². The predicted octanol–water partition coefficient (Wildman–Crippen LogP) is 3.43. The average molecular weight is 338 g/mol. The highest BCUT2D eigenvalue weighted by Crippen LogP contribution is 2.29. The second-order valence-corrected chi connectivity index (χ2v) is 5.05. The summed E-state index contributed by atoms with van der Waals surface area (Å²) in [5.74, 6) is 0.187. The Morgan fingerprint density at radius 1 is 1.20 bits per heavy atom. The number of nitrogens with zero attached hydrogens (tertiary/aromatic N) is 1. The molecule has 0 unspecified atom stereocenters. The Balaban J connectivity index is 2.18. The topological polar surface area (TPSA) is 72.6 Å². The van der Waals surface area contributed by atoms with Gasteiger partial charge in [0.05, 0.1) is 11.5 Å². The van der Waals surface area contributed by atoms with Gasteiger partial charge in [-0.2, -0.15) is 0 Å². The lowest BCUT2D eigenvalue weighted by Crippen LogP contribution is -2.00. The normalized spacial score (nSPS) is 10.3. The number of rotatable bonds is 5. The van der Waals surface area contributed by atoms with Crippen molar-refractivity contribution in [1.82, 2.24) is 0 Å². The summed E-state index contributed by atoms with van der Waals surface area (Å²) in [6, 6.07) is 11.9. The molecule has 1 N–H and O–H groups in total. The molecule has 0 bridgehead atoms. The zero-order chi connectivity index (χ0) is 14.5. The quantitative estimate of drug-likeness (QED) is 0.670. The molecule has 0 saturated heterocycles. The maximum Gasteiger partial charge on any atom is 0.311 e. The first-order chi connectivity index (χ1) is 9.60. The summed E-state index contributed by atoms with van der Waals surface area (Å²) in [5, 5.41) is 20.0. The Morgan fingerprint density at radius 2 is 2.00 bits per heavy atom. The van der Waals surface area contributed by atoms with Gasteiger partial charge in [-0.1, -0.05) is 34.1 Å². The van der Waals surface area contributed by atoms with E-state index in [1.807, 2.05) is 24.3 Å². The molecule has 0 aromatic heterocycles. The summed E-state index contributed by atoms with van der Waals surface area (Å²) >= 11 is 3.35. The lowest BCUT2D eigenvalue weighted by molar-refractivity contribution is -0.386. The van der Waals surface area contributed by atoms with Crippen molar-refractivity contribution in [3.8, 4) is 5.75 Å². The third-order valence-corrected chi connectivity index (χ3v) is 3.18. The number of aliphatic hydroxyl groups excluding tert-OH is 1. The van der Waals surface area contributed by atoms with Gasteiger partial charge in [0.2, 0.25) is 0 Å². The summed E-state index contributed by atoms with van der Waals surface area (Å²) in [7, 11) is 0. The molecule has 0 heterocycles. The molecule has 0 aliphatic heterocycles. The van der Waals surface area contributed by atoms with E-state index in [0.717, 1.165) is 10.0 Å². The summed E-state index contributed by atoms with van der Waals surface area (Å²) in [5.41, 5.74) is 1.23. The van der Waals surface area contributed by atoms with E-state index >= 15 is 0 Å². The number of halogens is 1. The first kappa shape index (κ1) is 14.5. The van der Waals surface area contributed by atoms with Crippen molar-refractivity contribution in [3.63, 3.8) is 0 Å². The highest BCUT2D eigenvalue weighted by molar-refractivity contribution is 9.10. The van der Waals surface area contributed by atoms with Gasteiger partial charge in [0, 0.05) is 10.5 Å². The minimum absolute atomic E-state index is 0.147. The van der Waals surface area contributed by atoms with Crippen LogP contribution in [0.5, 0.6) is 5.75 Å². The maximum atomic E-state index is 11.0. The molecule has 0 aliphatic rings. The Hall–Kier alpha value is -1.92. The van der Waals surface area contributed by atoms with E-state index in [1.165, 1.54) is 12.1 Å². The van der Waals surface area contributed by atoms with Crippen LogP contribution in [0.4, 0.5) is 5.69 Å². The van der Waals surface area contributed by atoms with Crippen molar-refractivity contribution in [1.29, 1.82) is 0 Å². The fraction of sp³-hybridized carbons (Fsp3) is 0.143. The smallest absolute Gasteiger partial charge is 0.311 e. The Labute approximate surface area is 124 Å². The maximum absolute atomic E-state index is 11.0. The second-order valence-electron chi connectivity index (χ2n) is 4.14. The number of hydrogen-bond donors (Lipinski definition) is 1. The molecule has 0 saturated carbocycles. The van der Waals surface area contributed by atoms with Crippen LogP contribution in [0.1, 0.15) is 11.1 Å². The van der Waals surface area contributed by atoms with E-state index in [-0.39, 0.29) is 24.7 Å². The van der Waals surface area contributed by atoms with Crippen molar-refractivity contribution < 1.29 is 14.8 Å². The monoisotopic (exact) mass is 337 g/mol. The molecule has 0 spiro atoms. The first-order valence-corrected chi connectivity index (χ1v) is 6.65. The van der Waals surface area contributed by atoms with Gasteiger partial charge in [0.15, 0.2) is 5.75 Å². The zero-order valence-electron chi connectivity index (χ0n) is 10.5. The summed E-state index contributed by atoms with van der Waals surface area (Å²) < 4.78 is 6.41. The predicted molar refractivity (Wildman–Crippen MR) is 77.5 cm³/mol. The van der Waals surface area contributed by atoms with E-state index in [0.29, 0.717) is 5.56 Å². The molecular weight excluding hydrogens is 326 g/mol. The van der Waals surface area contributed by atoms with Gasteiger partial charge in [-0.25, -0.2) is 0 Å². The zero-order valence-corrected chi connectivity index (χ0v) is 12.0. The summed E-state index contributed by atoms with van der Waals surface area (Å²) in [6.07, 6.45) is 0. The fourth-order valence-corrected chi connectivity index (χ4v) is 2.16. The Bertz CT molecular complexity index is 630. The lowest BCUT2D eigenvalue weighted by atomic mass is 10.2. The van der Waals surface area contributed by atoms with Gasteiger partial charge in [0.25, 0.3) is 0 Å². The molecule has 104 valence electrons. The largest absolute Gasteiger partial charge is 0.482 e. The second kappa shape index (κ2) is 6.49. The lowest BCUT2D eigenvalue weighted by Gasteiger charge is -2.08. The Kier molecular flexibility index (Phi) is 4.70. The van der Waals surface area contributed by atoms with Crippen molar-refractivity contribution in [2.24, 2.45) is 0 Å². The van der Waals surface area contributed by atoms with Gasteiger partial charge in [-0.05, 0) is 29.3 Å². The van der Waals surface area contributed by atoms with Crippen LogP contribution >= 0.6 is 15.9 Å². The van der Waals surface area contributed by atoms with Gasteiger partial charge < -0.3 is 9.84 Å². The molecule has 2 aromatic rings. The molecule has 6 heteroatoms. The number of benzene rings is 2. The standard InChI is InChI=1S/C14H12BrNO4/c15-12-3-1-2-11(6-12)9-20-14-5-4-10(8-17)7-13(14)16(18)19/h1-7,17H,8-9H2. The van der Waals surface area contributed by atoms with Crippen molar-refractivity contribution in [3.05, 3.63) is 68.2 Å². The highest BCUT2D eigenvalue weighted by Gasteiger charge is 2.15. The van der Waals surface area contributed by atoms with Crippen LogP contribution < -0.4 is 4.74 Å². The highest BCUT2D eigenvalue weighted by atomic mass is 79.9. The molecule has 0 atom stereocenters. The van der Waals surface area contributed by atoms with Crippen molar-refractivity contribution in [2.75, 3.05) is 0 Å². The fourth-order valence-electron chi connectivity index (χ4n) is 1.71. The van der Waals surface area contributed by atoms with Crippen LogP contribution in [0.2, 0.25) is 0 Å². The molecule has 0 amide bonds. The third kappa shape index (κ3) is 3.55. The molecule has 0 radical (unpaired) electrons. The minimum atomic E-state index is -0.518. The number of ether oxygens (including phenoxy) is 1. The molecule has 2 aromatic carbocycles. The number of nitro benzene ring substituents is 1. The van der Waals surface area contributed by atoms with Crippen LogP contribution in [0.15, 0.2) is 46.9 Å². The van der Waals surface area contributed by atoms with E-state index in [9.17, 15) is 10.1 Å².